The van der Waals surface area contributed by atoms with Gasteiger partial charge in [-0.25, -0.2) is 0 Å². The zero-order valence-corrected chi connectivity index (χ0v) is 12.1. The van der Waals surface area contributed by atoms with Gasteiger partial charge in [-0.05, 0) is 51.9 Å². The molecule has 1 aromatic carbocycles. The summed E-state index contributed by atoms with van der Waals surface area (Å²) in [4.78, 5) is 1.76. The van der Waals surface area contributed by atoms with Crippen molar-refractivity contribution in [3.05, 3.63) is 35.9 Å². The van der Waals surface area contributed by atoms with Gasteiger partial charge in [0.25, 0.3) is 5.92 Å². The van der Waals surface area contributed by atoms with Gasteiger partial charge in [0.1, 0.15) is 0 Å². The second kappa shape index (κ2) is 7.14. The van der Waals surface area contributed by atoms with Gasteiger partial charge in [-0.15, -0.1) is 0 Å². The molecule has 0 aromatic heterocycles. The van der Waals surface area contributed by atoms with Crippen LogP contribution in [0.1, 0.15) is 24.8 Å². The molecule has 2 nitrogen and oxygen atoms in total. The fourth-order valence-corrected chi connectivity index (χ4v) is 2.76. The summed E-state index contributed by atoms with van der Waals surface area (Å²) in [7, 11) is 1.79. The molecule has 0 spiro atoms. The third-order valence-electron chi connectivity index (χ3n) is 4.04. The minimum atomic E-state index is -2.77. The van der Waals surface area contributed by atoms with Crippen molar-refractivity contribution in [2.24, 2.45) is 5.92 Å². The van der Waals surface area contributed by atoms with E-state index in [-0.39, 0.29) is 12.1 Å². The maximum absolute atomic E-state index is 14.1. The van der Waals surface area contributed by atoms with Gasteiger partial charge in [0.05, 0.1) is 6.54 Å². The maximum Gasteiger partial charge on any atom is 0.285 e. The number of alkyl halides is 2. The van der Waals surface area contributed by atoms with E-state index in [4.69, 9.17) is 0 Å². The second-order valence-corrected chi connectivity index (χ2v) is 5.79. The predicted octanol–water partition coefficient (Wildman–Crippen LogP) is 3.10. The molecule has 0 bridgehead atoms. The zero-order valence-electron chi connectivity index (χ0n) is 12.1. The number of benzene rings is 1. The van der Waals surface area contributed by atoms with E-state index in [1.54, 1.807) is 30.1 Å². The Balaban J connectivity index is 1.79. The molecule has 0 amide bonds. The van der Waals surface area contributed by atoms with E-state index in [9.17, 15) is 8.78 Å². The van der Waals surface area contributed by atoms with Gasteiger partial charge in [-0.2, -0.15) is 8.78 Å². The minimum Gasteiger partial charge on any atom is -0.317 e. The Hall–Kier alpha value is -1.00. The Bertz CT molecular complexity index is 389. The quantitative estimate of drug-likeness (QED) is 0.862. The van der Waals surface area contributed by atoms with Crippen molar-refractivity contribution < 1.29 is 8.78 Å². The van der Waals surface area contributed by atoms with Crippen LogP contribution in [0.4, 0.5) is 8.78 Å². The summed E-state index contributed by atoms with van der Waals surface area (Å²) in [5.74, 6) is -2.09. The van der Waals surface area contributed by atoms with E-state index in [2.05, 4.69) is 5.32 Å². The monoisotopic (exact) mass is 282 g/mol. The van der Waals surface area contributed by atoms with Crippen LogP contribution in [-0.2, 0) is 5.92 Å². The first-order chi connectivity index (χ1) is 9.58. The van der Waals surface area contributed by atoms with Gasteiger partial charge in [-0.1, -0.05) is 30.3 Å². The Morgan fingerprint density at radius 2 is 1.85 bits per heavy atom. The molecule has 1 aliphatic rings. The number of nitrogens with one attached hydrogen (secondary N) is 1. The highest BCUT2D eigenvalue weighted by atomic mass is 19.3. The number of nitrogens with zero attached hydrogens (tertiary/aromatic N) is 1. The van der Waals surface area contributed by atoms with Crippen LogP contribution in [0.25, 0.3) is 0 Å². The lowest BCUT2D eigenvalue weighted by Gasteiger charge is -2.27. The van der Waals surface area contributed by atoms with Crippen LogP contribution in [0, 0.1) is 5.92 Å². The van der Waals surface area contributed by atoms with Gasteiger partial charge < -0.3 is 10.2 Å². The van der Waals surface area contributed by atoms with E-state index in [1.165, 1.54) is 25.0 Å². The standard InChI is InChI=1S/C16H24F2N2/c1-20(12-9-14-7-10-19-11-8-14)13-16(17,18)15-5-3-2-4-6-15/h2-6,14,19H,7-13H2,1H3. The van der Waals surface area contributed by atoms with Crippen molar-refractivity contribution in [1.82, 2.24) is 10.2 Å². The number of piperidine rings is 1. The molecule has 112 valence electrons. The number of hydrogen-bond acceptors (Lipinski definition) is 2. The van der Waals surface area contributed by atoms with Crippen molar-refractivity contribution in [1.29, 1.82) is 0 Å². The first-order valence-corrected chi connectivity index (χ1v) is 7.40. The Morgan fingerprint density at radius 1 is 1.20 bits per heavy atom. The molecule has 0 radical (unpaired) electrons. The van der Waals surface area contributed by atoms with Gasteiger partial charge >= 0.3 is 0 Å². The topological polar surface area (TPSA) is 15.3 Å². The zero-order chi connectivity index (χ0) is 14.4. The van der Waals surface area contributed by atoms with Crippen LogP contribution in [0.2, 0.25) is 0 Å². The Kier molecular flexibility index (Phi) is 5.49. The first kappa shape index (κ1) is 15.4. The van der Waals surface area contributed by atoms with Crippen molar-refractivity contribution in [2.75, 3.05) is 33.2 Å². The molecule has 0 atom stereocenters. The van der Waals surface area contributed by atoms with Crippen LogP contribution >= 0.6 is 0 Å². The van der Waals surface area contributed by atoms with Crippen molar-refractivity contribution in [2.45, 2.75) is 25.2 Å². The largest absolute Gasteiger partial charge is 0.317 e. The fraction of sp³-hybridized carbons (Fsp3) is 0.625. The Morgan fingerprint density at radius 3 is 2.50 bits per heavy atom. The highest BCUT2D eigenvalue weighted by Crippen LogP contribution is 2.28. The summed E-state index contributed by atoms with van der Waals surface area (Å²) >= 11 is 0. The summed E-state index contributed by atoms with van der Waals surface area (Å²) in [6.45, 7) is 2.66. The SMILES string of the molecule is CN(CCC1CCNCC1)CC(F)(F)c1ccccc1. The molecule has 1 aromatic rings. The van der Waals surface area contributed by atoms with Crippen LogP contribution in [0.15, 0.2) is 30.3 Å². The van der Waals surface area contributed by atoms with Crippen LogP contribution < -0.4 is 5.32 Å². The first-order valence-electron chi connectivity index (χ1n) is 7.40. The molecule has 1 saturated heterocycles. The molecule has 1 fully saturated rings. The number of hydrogen-bond donors (Lipinski definition) is 1. The Labute approximate surface area is 120 Å². The van der Waals surface area contributed by atoms with E-state index < -0.39 is 5.92 Å². The third-order valence-corrected chi connectivity index (χ3v) is 4.04. The lowest BCUT2D eigenvalue weighted by atomic mass is 9.94. The van der Waals surface area contributed by atoms with Crippen LogP contribution in [-0.4, -0.2) is 38.1 Å². The molecule has 0 unspecified atom stereocenters. The smallest absolute Gasteiger partial charge is 0.285 e. The highest BCUT2D eigenvalue weighted by molar-refractivity contribution is 5.20. The highest BCUT2D eigenvalue weighted by Gasteiger charge is 2.32. The van der Waals surface area contributed by atoms with Crippen molar-refractivity contribution in [3.63, 3.8) is 0 Å². The fourth-order valence-electron chi connectivity index (χ4n) is 2.76. The molecule has 20 heavy (non-hydrogen) atoms. The van der Waals surface area contributed by atoms with Gasteiger partial charge in [0.15, 0.2) is 0 Å². The minimum absolute atomic E-state index is 0.105. The molecular formula is C16H24F2N2. The summed E-state index contributed by atoms with van der Waals surface area (Å²) in [5, 5.41) is 3.33. The molecule has 0 saturated carbocycles. The van der Waals surface area contributed by atoms with Crippen LogP contribution in [0.5, 0.6) is 0 Å². The summed E-state index contributed by atoms with van der Waals surface area (Å²) in [5.41, 5.74) is 0.105. The normalized spacial score (nSPS) is 17.6. The van der Waals surface area contributed by atoms with E-state index >= 15 is 0 Å². The van der Waals surface area contributed by atoms with Crippen molar-refractivity contribution >= 4 is 0 Å². The maximum atomic E-state index is 14.1. The molecule has 1 aliphatic heterocycles. The lowest BCUT2D eigenvalue weighted by molar-refractivity contribution is -0.0331. The van der Waals surface area contributed by atoms with E-state index in [0.717, 1.165) is 26.1 Å². The average Bonchev–Trinajstić information content (AvgIpc) is 2.47. The summed E-state index contributed by atoms with van der Waals surface area (Å²) in [6.07, 6.45) is 3.36. The molecule has 1 N–H and O–H groups in total. The van der Waals surface area contributed by atoms with E-state index in [0.29, 0.717) is 5.92 Å². The second-order valence-electron chi connectivity index (χ2n) is 5.79. The predicted molar refractivity (Wildman–Crippen MR) is 78.0 cm³/mol. The number of rotatable bonds is 6. The molecule has 1 heterocycles. The average molecular weight is 282 g/mol. The summed E-state index contributed by atoms with van der Waals surface area (Å²) < 4.78 is 28.2. The van der Waals surface area contributed by atoms with E-state index in [1.807, 2.05) is 0 Å². The lowest BCUT2D eigenvalue weighted by Crippen LogP contribution is -2.35. The molecule has 0 aliphatic carbocycles. The van der Waals surface area contributed by atoms with Gasteiger partial charge in [-0.3, -0.25) is 0 Å². The molecular weight excluding hydrogens is 258 g/mol. The molecule has 2 rings (SSSR count). The number of likely N-dealkylation sites (N-methyl/N-ethyl adjacent to an activating group) is 1. The van der Waals surface area contributed by atoms with Gasteiger partial charge in [0.2, 0.25) is 0 Å². The molecule has 4 heteroatoms. The van der Waals surface area contributed by atoms with Crippen molar-refractivity contribution in [3.8, 4) is 0 Å². The number of halogens is 2. The van der Waals surface area contributed by atoms with Gasteiger partial charge in [0, 0.05) is 5.56 Å². The summed E-state index contributed by atoms with van der Waals surface area (Å²) in [6, 6.07) is 8.10. The third kappa shape index (κ3) is 4.53. The van der Waals surface area contributed by atoms with Crippen LogP contribution in [0.3, 0.4) is 0 Å².